The Hall–Kier alpha value is -2.90. The molecule has 30 heavy (non-hydrogen) atoms. The molecular weight excluding hydrogens is 425 g/mol. The van der Waals surface area contributed by atoms with Gasteiger partial charge in [0.1, 0.15) is 0 Å². The molecule has 0 spiro atoms. The van der Waals surface area contributed by atoms with Gasteiger partial charge in [-0.1, -0.05) is 47.5 Å². The van der Waals surface area contributed by atoms with Crippen LogP contribution in [0.1, 0.15) is 42.5 Å². The summed E-state index contributed by atoms with van der Waals surface area (Å²) in [5, 5.41) is 9.23. The quantitative estimate of drug-likeness (QED) is 0.609. The number of rotatable bonds is 3. The first-order valence-electron chi connectivity index (χ1n) is 9.59. The fourth-order valence-corrected chi connectivity index (χ4v) is 4.19. The first-order valence-corrected chi connectivity index (χ1v) is 10.3. The molecule has 2 aliphatic heterocycles. The highest BCUT2D eigenvalue weighted by Gasteiger charge is 2.37. The molecule has 3 aromatic rings. The second kappa shape index (κ2) is 7.41. The van der Waals surface area contributed by atoms with E-state index in [0.717, 1.165) is 16.0 Å². The van der Waals surface area contributed by atoms with Crippen LogP contribution in [0.25, 0.3) is 0 Å². The Kier molecular flexibility index (Phi) is 4.72. The number of imide groups is 1. The Labute approximate surface area is 182 Å². The molecule has 9 heteroatoms. The van der Waals surface area contributed by atoms with Gasteiger partial charge in [0, 0.05) is 22.9 Å². The molecule has 2 atom stereocenters. The smallest absolute Gasteiger partial charge is 0.260 e. The number of hydrogen-bond donors (Lipinski definition) is 1. The van der Waals surface area contributed by atoms with Gasteiger partial charge in [0.2, 0.25) is 17.8 Å². The monoisotopic (exact) mass is 441 g/mol. The van der Waals surface area contributed by atoms with E-state index in [1.165, 1.54) is 0 Å². The van der Waals surface area contributed by atoms with Crippen LogP contribution >= 0.6 is 23.2 Å². The normalized spacial score (nSPS) is 20.9. The van der Waals surface area contributed by atoms with Gasteiger partial charge >= 0.3 is 0 Å². The van der Waals surface area contributed by atoms with E-state index in [-0.39, 0.29) is 42.7 Å². The van der Waals surface area contributed by atoms with E-state index in [2.05, 4.69) is 15.4 Å². The van der Waals surface area contributed by atoms with Crippen LogP contribution in [0, 0.1) is 0 Å². The topological polar surface area (TPSA) is 80.1 Å². The van der Waals surface area contributed by atoms with E-state index in [1.54, 1.807) is 4.68 Å². The summed E-state index contributed by atoms with van der Waals surface area (Å²) in [5.41, 5.74) is 2.07. The summed E-state index contributed by atoms with van der Waals surface area (Å²) >= 11 is 12.1. The Morgan fingerprint density at radius 2 is 1.43 bits per heavy atom. The summed E-state index contributed by atoms with van der Waals surface area (Å²) in [6, 6.07) is 15.0. The van der Waals surface area contributed by atoms with Crippen LogP contribution in [0.2, 0.25) is 10.0 Å². The number of carbonyl (C=O) groups is 2. The zero-order valence-electron chi connectivity index (χ0n) is 15.8. The van der Waals surface area contributed by atoms with E-state index in [4.69, 9.17) is 23.2 Å². The van der Waals surface area contributed by atoms with Crippen molar-refractivity contribution in [3.05, 3.63) is 69.7 Å². The van der Waals surface area contributed by atoms with Gasteiger partial charge in [-0.15, -0.1) is 5.10 Å². The van der Waals surface area contributed by atoms with Crippen LogP contribution in [0.15, 0.2) is 48.5 Å². The maximum atomic E-state index is 12.2. The number of benzene rings is 2. The lowest BCUT2D eigenvalue weighted by atomic mass is 9.93. The molecule has 1 aromatic heterocycles. The van der Waals surface area contributed by atoms with Crippen molar-refractivity contribution >= 4 is 46.9 Å². The third-order valence-corrected chi connectivity index (χ3v) is 5.96. The highest BCUT2D eigenvalue weighted by Crippen LogP contribution is 2.39. The lowest BCUT2D eigenvalue weighted by Crippen LogP contribution is -2.30. The number of amides is 2. The fourth-order valence-electron chi connectivity index (χ4n) is 3.94. The summed E-state index contributed by atoms with van der Waals surface area (Å²) in [6.45, 7) is 0. The van der Waals surface area contributed by atoms with Gasteiger partial charge < -0.3 is 5.32 Å². The van der Waals surface area contributed by atoms with E-state index < -0.39 is 0 Å². The summed E-state index contributed by atoms with van der Waals surface area (Å²) in [4.78, 5) is 29.9. The van der Waals surface area contributed by atoms with E-state index in [9.17, 15) is 9.59 Å². The van der Waals surface area contributed by atoms with E-state index >= 15 is 0 Å². The van der Waals surface area contributed by atoms with Gasteiger partial charge in [0.05, 0.1) is 12.1 Å². The van der Waals surface area contributed by atoms with Gasteiger partial charge in [-0.25, -0.2) is 9.58 Å². The number of nitrogens with zero attached hydrogens (tertiary/aromatic N) is 4. The second-order valence-electron chi connectivity index (χ2n) is 7.35. The molecule has 152 valence electrons. The average Bonchev–Trinajstić information content (AvgIpc) is 3.30. The predicted octanol–water partition coefficient (Wildman–Crippen LogP) is 4.38. The highest BCUT2D eigenvalue weighted by molar-refractivity contribution is 6.30. The number of fused-ring (bicyclic) bond motifs is 1. The lowest BCUT2D eigenvalue weighted by Gasteiger charge is -2.31. The molecule has 0 bridgehead atoms. The molecule has 1 N–H and O–H groups in total. The largest absolute Gasteiger partial charge is 0.347 e. The first kappa shape index (κ1) is 19.1. The molecular formula is C21H17Cl2N5O2. The maximum Gasteiger partial charge on any atom is 0.260 e. The summed E-state index contributed by atoms with van der Waals surface area (Å²) in [5.74, 6) is 0.0600. The average molecular weight is 442 g/mol. The number of aromatic nitrogens is 3. The zero-order chi connectivity index (χ0) is 20.8. The van der Waals surface area contributed by atoms with Crippen LogP contribution < -0.4 is 10.2 Å². The van der Waals surface area contributed by atoms with Gasteiger partial charge in [0.25, 0.3) is 5.95 Å². The lowest BCUT2D eigenvalue weighted by molar-refractivity contribution is -0.121. The Morgan fingerprint density at radius 3 is 2.03 bits per heavy atom. The number of anilines is 2. The molecule has 2 amide bonds. The fraction of sp³-hybridized carbons (Fsp3) is 0.238. The summed E-state index contributed by atoms with van der Waals surface area (Å²) in [7, 11) is 0. The minimum Gasteiger partial charge on any atom is -0.347 e. The molecule has 2 aliphatic rings. The summed E-state index contributed by atoms with van der Waals surface area (Å²) < 4.78 is 1.74. The summed E-state index contributed by atoms with van der Waals surface area (Å²) in [6.07, 6.45) is 1.06. The molecule has 3 heterocycles. The van der Waals surface area contributed by atoms with Gasteiger partial charge in [0.15, 0.2) is 0 Å². The van der Waals surface area contributed by atoms with Gasteiger partial charge in [-0.3, -0.25) is 9.59 Å². The number of hydrogen-bond acceptors (Lipinski definition) is 5. The van der Waals surface area contributed by atoms with Gasteiger partial charge in [-0.05, 0) is 41.8 Å². The molecule has 0 saturated carbocycles. The Balaban J connectivity index is 1.57. The van der Waals surface area contributed by atoms with Crippen molar-refractivity contribution in [2.45, 2.75) is 31.3 Å². The highest BCUT2D eigenvalue weighted by atomic mass is 35.5. The van der Waals surface area contributed by atoms with Crippen LogP contribution in [-0.2, 0) is 9.59 Å². The molecule has 2 unspecified atom stereocenters. The Morgan fingerprint density at radius 1 is 0.867 bits per heavy atom. The standard InChI is InChI=1S/C21H17Cl2N5O2/c22-14-5-1-12(2-6-14)16-11-17(13-3-7-15(23)8-4-13)28-20(24-16)25-21(26-28)27-18(29)9-10-19(27)30/h1-8,16-17H,9-11H2,(H,24,25,26). The predicted molar refractivity (Wildman–Crippen MR) is 114 cm³/mol. The Bertz CT molecular complexity index is 1110. The van der Waals surface area contributed by atoms with Crippen molar-refractivity contribution in [1.82, 2.24) is 14.8 Å². The number of carbonyl (C=O) groups excluding carboxylic acids is 2. The maximum absolute atomic E-state index is 12.2. The van der Waals surface area contributed by atoms with Crippen molar-refractivity contribution in [2.24, 2.45) is 0 Å². The molecule has 2 aromatic carbocycles. The van der Waals surface area contributed by atoms with Crippen molar-refractivity contribution in [2.75, 3.05) is 10.2 Å². The molecule has 1 saturated heterocycles. The minimum atomic E-state index is -0.278. The number of halogens is 2. The molecule has 0 aliphatic carbocycles. The molecule has 5 rings (SSSR count). The van der Waals surface area contributed by atoms with Crippen molar-refractivity contribution < 1.29 is 9.59 Å². The van der Waals surface area contributed by atoms with Crippen LogP contribution in [0.3, 0.4) is 0 Å². The first-order chi connectivity index (χ1) is 14.5. The van der Waals surface area contributed by atoms with Crippen LogP contribution in [0.4, 0.5) is 11.9 Å². The van der Waals surface area contributed by atoms with E-state index in [1.807, 2.05) is 48.5 Å². The molecule has 1 fully saturated rings. The molecule has 7 nitrogen and oxygen atoms in total. The van der Waals surface area contributed by atoms with Crippen LogP contribution in [0.5, 0.6) is 0 Å². The second-order valence-corrected chi connectivity index (χ2v) is 8.23. The van der Waals surface area contributed by atoms with Crippen molar-refractivity contribution in [3.8, 4) is 0 Å². The van der Waals surface area contributed by atoms with Crippen molar-refractivity contribution in [1.29, 1.82) is 0 Å². The zero-order valence-corrected chi connectivity index (χ0v) is 17.3. The number of nitrogens with one attached hydrogen (secondary N) is 1. The van der Waals surface area contributed by atoms with E-state index in [0.29, 0.717) is 22.4 Å². The van der Waals surface area contributed by atoms with Gasteiger partial charge in [-0.2, -0.15) is 4.98 Å². The third-order valence-electron chi connectivity index (χ3n) is 5.46. The SMILES string of the molecule is O=C1CCC(=O)N1c1nc2n(n1)C(c1ccc(Cl)cc1)CC(c1ccc(Cl)cc1)N2. The molecule has 0 radical (unpaired) electrons. The minimum absolute atomic E-state index is 0.0440. The third kappa shape index (κ3) is 3.34. The van der Waals surface area contributed by atoms with Crippen LogP contribution in [-0.4, -0.2) is 26.6 Å². The van der Waals surface area contributed by atoms with Crippen molar-refractivity contribution in [3.63, 3.8) is 0 Å².